The number of amides is 1. The highest BCUT2D eigenvalue weighted by atomic mass is 32.2. The average Bonchev–Trinajstić information content (AvgIpc) is 3.36. The summed E-state index contributed by atoms with van der Waals surface area (Å²) in [6, 6.07) is 19.0. The number of anilines is 1. The Labute approximate surface area is 178 Å². The molecule has 4 rings (SSSR count). The molecule has 1 atom stereocenters. The second-order valence-corrected chi connectivity index (χ2v) is 8.00. The molecular weight excluding hydrogens is 398 g/mol. The van der Waals surface area contributed by atoms with Crippen LogP contribution in [0.5, 0.6) is 0 Å². The highest BCUT2D eigenvalue weighted by Crippen LogP contribution is 2.36. The van der Waals surface area contributed by atoms with E-state index in [9.17, 15) is 4.79 Å². The summed E-state index contributed by atoms with van der Waals surface area (Å²) >= 11 is 1.23. The number of hydrogen-bond acceptors (Lipinski definition) is 6. The highest BCUT2D eigenvalue weighted by Gasteiger charge is 2.26. The Bertz CT molecular complexity index is 1140. The summed E-state index contributed by atoms with van der Waals surface area (Å²) < 4.78 is 6.70. The maximum atomic E-state index is 13.2. The van der Waals surface area contributed by atoms with E-state index >= 15 is 0 Å². The summed E-state index contributed by atoms with van der Waals surface area (Å²) in [4.78, 5) is 13.2. The van der Waals surface area contributed by atoms with Gasteiger partial charge >= 0.3 is 0 Å². The molecule has 1 amide bonds. The van der Waals surface area contributed by atoms with E-state index < -0.39 is 5.25 Å². The summed E-state index contributed by atoms with van der Waals surface area (Å²) in [6.07, 6.45) is 1.54. The van der Waals surface area contributed by atoms with Crippen LogP contribution in [0.25, 0.3) is 11.6 Å². The van der Waals surface area contributed by atoms with Crippen molar-refractivity contribution >= 4 is 23.4 Å². The first-order chi connectivity index (χ1) is 14.5. The molecule has 0 aliphatic rings. The molecule has 0 aliphatic heterocycles. The molecule has 0 fully saturated rings. The molecule has 2 heterocycles. The van der Waals surface area contributed by atoms with Crippen molar-refractivity contribution in [1.82, 2.24) is 14.9 Å². The van der Waals surface area contributed by atoms with Crippen LogP contribution in [0.4, 0.5) is 5.69 Å². The molecule has 7 nitrogen and oxygen atoms in total. The van der Waals surface area contributed by atoms with Crippen molar-refractivity contribution in [3.8, 4) is 11.6 Å². The molecule has 8 heteroatoms. The number of nitrogens with zero attached hydrogens (tertiary/aromatic N) is 3. The Morgan fingerprint density at radius 1 is 1.07 bits per heavy atom. The van der Waals surface area contributed by atoms with Gasteiger partial charge in [-0.25, -0.2) is 4.68 Å². The molecule has 152 valence electrons. The van der Waals surface area contributed by atoms with Crippen molar-refractivity contribution in [2.75, 3.05) is 11.2 Å². The Balaban J connectivity index is 1.63. The van der Waals surface area contributed by atoms with E-state index in [4.69, 9.17) is 10.3 Å². The Morgan fingerprint density at radius 2 is 1.80 bits per heavy atom. The van der Waals surface area contributed by atoms with Crippen LogP contribution in [-0.4, -0.2) is 20.8 Å². The lowest BCUT2D eigenvalue weighted by atomic mass is 10.1. The van der Waals surface area contributed by atoms with E-state index in [1.54, 1.807) is 18.4 Å². The smallest absolute Gasteiger partial charge is 0.242 e. The number of thioether (sulfide) groups is 1. The van der Waals surface area contributed by atoms with Crippen LogP contribution in [0.15, 0.2) is 76.5 Å². The van der Waals surface area contributed by atoms with Gasteiger partial charge in [0.05, 0.1) is 6.26 Å². The molecule has 0 saturated carbocycles. The van der Waals surface area contributed by atoms with Gasteiger partial charge in [-0.1, -0.05) is 48.2 Å². The molecule has 4 aromatic rings. The number of benzene rings is 2. The largest absolute Gasteiger partial charge is 0.461 e. The second kappa shape index (κ2) is 8.46. The third-order valence-corrected chi connectivity index (χ3v) is 5.67. The number of aryl methyl sites for hydroxylation is 2. The molecule has 30 heavy (non-hydrogen) atoms. The number of nitrogens with one attached hydrogen (secondary N) is 1. The van der Waals surface area contributed by atoms with Crippen LogP contribution >= 0.6 is 11.8 Å². The molecule has 3 N–H and O–H groups in total. The molecular formula is C22H21N5O2S. The van der Waals surface area contributed by atoms with Crippen molar-refractivity contribution in [3.05, 3.63) is 83.6 Å². The molecule has 0 saturated heterocycles. The SMILES string of the molecule is Cc1cc(C)cc(NC(=O)[C@@H](Sc2nnc(-c3ccco3)n2N)c2ccccc2)c1. The molecule has 0 spiro atoms. The number of aromatic nitrogens is 3. The van der Waals surface area contributed by atoms with Gasteiger partial charge in [-0.15, -0.1) is 10.2 Å². The minimum Gasteiger partial charge on any atom is -0.461 e. The minimum absolute atomic E-state index is 0.168. The van der Waals surface area contributed by atoms with Crippen LogP contribution in [0.1, 0.15) is 21.9 Å². The predicted octanol–water partition coefficient (Wildman–Crippen LogP) is 4.34. The lowest BCUT2D eigenvalue weighted by molar-refractivity contribution is -0.115. The molecule has 0 bridgehead atoms. The summed E-state index contributed by atoms with van der Waals surface area (Å²) in [6.45, 7) is 4.00. The third-order valence-electron chi connectivity index (χ3n) is 4.46. The van der Waals surface area contributed by atoms with Gasteiger partial charge in [0.2, 0.25) is 16.9 Å². The minimum atomic E-state index is -0.567. The van der Waals surface area contributed by atoms with E-state index in [1.807, 2.05) is 56.3 Å². The van der Waals surface area contributed by atoms with Crippen molar-refractivity contribution in [1.29, 1.82) is 0 Å². The summed E-state index contributed by atoms with van der Waals surface area (Å²) in [5, 5.41) is 11.1. The first-order valence-corrected chi connectivity index (χ1v) is 10.2. The first-order valence-electron chi connectivity index (χ1n) is 9.36. The van der Waals surface area contributed by atoms with Crippen LogP contribution in [-0.2, 0) is 4.79 Å². The van der Waals surface area contributed by atoms with E-state index in [0.717, 1.165) is 22.4 Å². The fourth-order valence-electron chi connectivity index (χ4n) is 3.19. The monoisotopic (exact) mass is 419 g/mol. The van der Waals surface area contributed by atoms with Crippen molar-refractivity contribution in [3.63, 3.8) is 0 Å². The lowest BCUT2D eigenvalue weighted by Gasteiger charge is -2.17. The van der Waals surface area contributed by atoms with Gasteiger partial charge in [0.15, 0.2) is 5.76 Å². The molecule has 0 unspecified atom stereocenters. The Morgan fingerprint density at radius 3 is 2.47 bits per heavy atom. The molecule has 0 radical (unpaired) electrons. The van der Waals surface area contributed by atoms with Crippen LogP contribution in [0.3, 0.4) is 0 Å². The van der Waals surface area contributed by atoms with Gasteiger partial charge in [-0.2, -0.15) is 0 Å². The number of hydrogen-bond donors (Lipinski definition) is 2. The number of carbonyl (C=O) groups excluding carboxylic acids is 1. The van der Waals surface area contributed by atoms with Crippen molar-refractivity contribution in [2.45, 2.75) is 24.3 Å². The molecule has 0 aliphatic carbocycles. The van der Waals surface area contributed by atoms with Gasteiger partial charge in [-0.3, -0.25) is 4.79 Å². The highest BCUT2D eigenvalue weighted by molar-refractivity contribution is 8.00. The van der Waals surface area contributed by atoms with E-state index in [2.05, 4.69) is 21.6 Å². The fourth-order valence-corrected chi connectivity index (χ4v) is 4.15. The maximum absolute atomic E-state index is 13.2. The standard InChI is InChI=1S/C22H21N5O2S/c1-14-11-15(2)13-17(12-14)24-21(28)19(16-7-4-3-5-8-16)30-22-26-25-20(27(22)23)18-9-6-10-29-18/h3-13,19H,23H2,1-2H3,(H,24,28)/t19-/m0/s1. The zero-order chi connectivity index (χ0) is 21.1. The van der Waals surface area contributed by atoms with Gasteiger partial charge in [0, 0.05) is 5.69 Å². The Kier molecular flexibility index (Phi) is 5.58. The predicted molar refractivity (Wildman–Crippen MR) is 117 cm³/mol. The number of furan rings is 1. The normalized spacial score (nSPS) is 11.9. The Hall–Kier alpha value is -3.52. The molecule has 2 aromatic carbocycles. The van der Waals surface area contributed by atoms with E-state index in [1.165, 1.54) is 16.4 Å². The topological polar surface area (TPSA) is 99.0 Å². The van der Waals surface area contributed by atoms with E-state index in [0.29, 0.717) is 16.7 Å². The number of nitrogens with two attached hydrogens (primary N) is 1. The van der Waals surface area contributed by atoms with Crippen molar-refractivity contribution in [2.24, 2.45) is 0 Å². The van der Waals surface area contributed by atoms with Gasteiger partial charge in [0.25, 0.3) is 0 Å². The zero-order valence-corrected chi connectivity index (χ0v) is 17.4. The quantitative estimate of drug-likeness (QED) is 0.356. The summed E-state index contributed by atoms with van der Waals surface area (Å²) in [7, 11) is 0. The number of rotatable bonds is 6. The van der Waals surface area contributed by atoms with Gasteiger partial charge in [0.1, 0.15) is 5.25 Å². The fraction of sp³-hybridized carbons (Fsp3) is 0.136. The van der Waals surface area contributed by atoms with Gasteiger partial charge < -0.3 is 15.6 Å². The number of nitrogen functional groups attached to an aromatic ring is 1. The van der Waals surface area contributed by atoms with Crippen LogP contribution in [0, 0.1) is 13.8 Å². The average molecular weight is 420 g/mol. The zero-order valence-electron chi connectivity index (χ0n) is 16.6. The lowest BCUT2D eigenvalue weighted by Crippen LogP contribution is -2.20. The van der Waals surface area contributed by atoms with Crippen LogP contribution < -0.4 is 11.2 Å². The summed E-state index contributed by atoms with van der Waals surface area (Å²) in [5.74, 6) is 6.92. The summed E-state index contributed by atoms with van der Waals surface area (Å²) in [5.41, 5.74) is 3.76. The molecule has 2 aromatic heterocycles. The van der Waals surface area contributed by atoms with Crippen molar-refractivity contribution < 1.29 is 9.21 Å². The van der Waals surface area contributed by atoms with E-state index in [-0.39, 0.29) is 5.91 Å². The maximum Gasteiger partial charge on any atom is 0.242 e. The third kappa shape index (κ3) is 4.23. The van der Waals surface area contributed by atoms with Gasteiger partial charge in [-0.05, 0) is 54.8 Å². The second-order valence-electron chi connectivity index (χ2n) is 6.93. The van der Waals surface area contributed by atoms with Crippen LogP contribution in [0.2, 0.25) is 0 Å². The number of carbonyl (C=O) groups is 1. The first kappa shape index (κ1) is 19.8.